The number of amides is 4. The van der Waals surface area contributed by atoms with Crippen LogP contribution in [0.3, 0.4) is 0 Å². The molecule has 4 unspecified atom stereocenters. The highest BCUT2D eigenvalue weighted by molar-refractivity contribution is 7.98. The summed E-state index contributed by atoms with van der Waals surface area (Å²) in [6.07, 6.45) is 3.08. The van der Waals surface area contributed by atoms with Gasteiger partial charge in [0, 0.05) is 0 Å². The summed E-state index contributed by atoms with van der Waals surface area (Å²) in [7, 11) is 0. The summed E-state index contributed by atoms with van der Waals surface area (Å²) < 4.78 is 0. The summed E-state index contributed by atoms with van der Waals surface area (Å²) in [5, 5.41) is 17.0. The minimum absolute atomic E-state index is 0.212. The van der Waals surface area contributed by atoms with Crippen molar-refractivity contribution < 1.29 is 29.1 Å². The quantitative estimate of drug-likeness (QED) is 0.115. The largest absolute Gasteiger partial charge is 0.480 e. The number of carbonyl (C=O) groups excluding carboxylic acids is 4. The van der Waals surface area contributed by atoms with E-state index in [1.807, 2.05) is 6.26 Å². The first-order valence-electron chi connectivity index (χ1n) is 10.8. The van der Waals surface area contributed by atoms with Crippen LogP contribution in [0.15, 0.2) is 0 Å². The van der Waals surface area contributed by atoms with Gasteiger partial charge < -0.3 is 38.3 Å². The summed E-state index contributed by atoms with van der Waals surface area (Å²) in [6.45, 7) is 3.80. The Hall–Kier alpha value is -2.38. The van der Waals surface area contributed by atoms with Gasteiger partial charge in [0.05, 0.1) is 12.5 Å². The third-order valence-electron chi connectivity index (χ3n) is 4.81. The minimum Gasteiger partial charge on any atom is -0.480 e. The van der Waals surface area contributed by atoms with Crippen LogP contribution in [-0.2, 0) is 24.0 Å². The number of nitrogens with one attached hydrogen (secondary N) is 3. The van der Waals surface area contributed by atoms with Crippen LogP contribution >= 0.6 is 11.8 Å². The molecule has 0 heterocycles. The van der Waals surface area contributed by atoms with E-state index < -0.39 is 53.8 Å². The lowest BCUT2D eigenvalue weighted by Crippen LogP contribution is -2.58. The Bertz CT molecular complexity index is 677. The van der Waals surface area contributed by atoms with E-state index in [2.05, 4.69) is 16.0 Å². The highest BCUT2D eigenvalue weighted by Gasteiger charge is 2.31. The van der Waals surface area contributed by atoms with Crippen LogP contribution in [0.1, 0.15) is 46.0 Å². The van der Waals surface area contributed by atoms with E-state index in [9.17, 15) is 29.1 Å². The zero-order chi connectivity index (χ0) is 25.6. The highest BCUT2D eigenvalue weighted by Crippen LogP contribution is 2.08. The second-order valence-corrected chi connectivity index (χ2v) is 9.02. The van der Waals surface area contributed by atoms with E-state index in [4.69, 9.17) is 17.2 Å². The number of thioether (sulfide) groups is 1. The van der Waals surface area contributed by atoms with E-state index in [1.165, 1.54) is 11.8 Å². The Kier molecular flexibility index (Phi) is 15.1. The molecular weight excluding hydrogens is 452 g/mol. The number of carbonyl (C=O) groups is 5. The van der Waals surface area contributed by atoms with Gasteiger partial charge in [-0.05, 0) is 50.2 Å². The lowest BCUT2D eigenvalue weighted by Gasteiger charge is -2.27. The van der Waals surface area contributed by atoms with Gasteiger partial charge in [-0.3, -0.25) is 19.2 Å². The Morgan fingerprint density at radius 1 is 0.909 bits per heavy atom. The Balaban J connectivity index is 5.34. The Labute approximate surface area is 198 Å². The van der Waals surface area contributed by atoms with Gasteiger partial charge in [0.2, 0.25) is 23.6 Å². The Morgan fingerprint density at radius 2 is 1.52 bits per heavy atom. The smallest absolute Gasteiger partial charge is 0.326 e. The molecule has 190 valence electrons. The molecule has 12 nitrogen and oxygen atoms in total. The molecule has 4 amide bonds. The van der Waals surface area contributed by atoms with Crippen molar-refractivity contribution >= 4 is 41.4 Å². The SMILES string of the molecule is CSCCC(NC(=O)C(NC(=O)C(N)CC(N)=O)C(C)C)C(=O)NC(CCCCN)C(=O)O. The number of unbranched alkanes of at least 4 members (excludes halogenated alkanes) is 1. The molecule has 0 saturated heterocycles. The van der Waals surface area contributed by atoms with Crippen molar-refractivity contribution in [3.63, 3.8) is 0 Å². The molecule has 10 N–H and O–H groups in total. The molecule has 33 heavy (non-hydrogen) atoms. The molecule has 0 aliphatic heterocycles. The standard InChI is InChI=1S/C20H38N6O6S/c1-11(2)16(26-17(28)12(22)10-15(23)27)19(30)24-13(7-9-33-3)18(29)25-14(20(31)32)6-4-5-8-21/h11-14,16H,4-10,21-22H2,1-3H3,(H2,23,27)(H,24,30)(H,25,29)(H,26,28)(H,31,32). The zero-order valence-corrected chi connectivity index (χ0v) is 20.3. The molecule has 0 aromatic carbocycles. The summed E-state index contributed by atoms with van der Waals surface area (Å²) in [5.74, 6) is -3.73. The summed E-state index contributed by atoms with van der Waals surface area (Å²) in [4.78, 5) is 60.5. The maximum Gasteiger partial charge on any atom is 0.326 e. The maximum atomic E-state index is 12.9. The van der Waals surface area contributed by atoms with Crippen molar-refractivity contribution in [3.05, 3.63) is 0 Å². The molecule has 0 rings (SSSR count). The van der Waals surface area contributed by atoms with Crippen LogP contribution in [0.5, 0.6) is 0 Å². The molecule has 0 aromatic heterocycles. The zero-order valence-electron chi connectivity index (χ0n) is 19.5. The highest BCUT2D eigenvalue weighted by atomic mass is 32.2. The molecular formula is C20H38N6O6S. The van der Waals surface area contributed by atoms with Crippen molar-refractivity contribution in [3.8, 4) is 0 Å². The predicted molar refractivity (Wildman–Crippen MR) is 126 cm³/mol. The number of carboxylic acids is 1. The molecule has 0 fully saturated rings. The van der Waals surface area contributed by atoms with Crippen molar-refractivity contribution in [2.75, 3.05) is 18.6 Å². The fourth-order valence-corrected chi connectivity index (χ4v) is 3.36. The van der Waals surface area contributed by atoms with Crippen LogP contribution in [0.4, 0.5) is 0 Å². The molecule has 0 aliphatic rings. The molecule has 0 bridgehead atoms. The number of hydrogen-bond donors (Lipinski definition) is 7. The Morgan fingerprint density at radius 3 is 2.00 bits per heavy atom. The van der Waals surface area contributed by atoms with Crippen LogP contribution in [0.25, 0.3) is 0 Å². The molecule has 0 aromatic rings. The molecule has 0 aliphatic carbocycles. The van der Waals surface area contributed by atoms with Gasteiger partial charge in [-0.15, -0.1) is 0 Å². The number of aliphatic carboxylic acids is 1. The first-order chi connectivity index (χ1) is 15.4. The van der Waals surface area contributed by atoms with Gasteiger partial charge in [0.15, 0.2) is 0 Å². The molecule has 4 atom stereocenters. The second kappa shape index (κ2) is 16.3. The van der Waals surface area contributed by atoms with E-state index in [1.54, 1.807) is 13.8 Å². The number of hydrogen-bond acceptors (Lipinski definition) is 8. The predicted octanol–water partition coefficient (Wildman–Crippen LogP) is -1.73. The molecule has 0 radical (unpaired) electrons. The monoisotopic (exact) mass is 490 g/mol. The van der Waals surface area contributed by atoms with Crippen molar-refractivity contribution in [2.24, 2.45) is 23.1 Å². The number of rotatable bonds is 17. The van der Waals surface area contributed by atoms with Crippen molar-refractivity contribution in [1.82, 2.24) is 16.0 Å². The first-order valence-corrected chi connectivity index (χ1v) is 12.2. The van der Waals surface area contributed by atoms with Gasteiger partial charge in [-0.1, -0.05) is 13.8 Å². The van der Waals surface area contributed by atoms with E-state index in [0.717, 1.165) is 0 Å². The molecule has 13 heteroatoms. The number of primary amides is 1. The topological polar surface area (TPSA) is 220 Å². The summed E-state index contributed by atoms with van der Waals surface area (Å²) in [5.41, 5.74) is 16.1. The van der Waals surface area contributed by atoms with Gasteiger partial charge in [-0.2, -0.15) is 11.8 Å². The van der Waals surface area contributed by atoms with Crippen molar-refractivity contribution in [1.29, 1.82) is 0 Å². The van der Waals surface area contributed by atoms with Crippen molar-refractivity contribution in [2.45, 2.75) is 70.1 Å². The van der Waals surface area contributed by atoms with Crippen LogP contribution in [0, 0.1) is 5.92 Å². The number of nitrogens with two attached hydrogens (primary N) is 3. The van der Waals surface area contributed by atoms with E-state index in [0.29, 0.717) is 25.1 Å². The molecule has 0 saturated carbocycles. The lowest BCUT2D eigenvalue weighted by atomic mass is 10.0. The van der Waals surface area contributed by atoms with Gasteiger partial charge in [0.25, 0.3) is 0 Å². The van der Waals surface area contributed by atoms with Gasteiger partial charge in [-0.25, -0.2) is 4.79 Å². The maximum absolute atomic E-state index is 12.9. The third kappa shape index (κ3) is 12.4. The van der Waals surface area contributed by atoms with Crippen LogP contribution in [0.2, 0.25) is 0 Å². The lowest BCUT2D eigenvalue weighted by molar-refractivity contribution is -0.142. The third-order valence-corrected chi connectivity index (χ3v) is 5.45. The van der Waals surface area contributed by atoms with E-state index >= 15 is 0 Å². The molecule has 0 spiro atoms. The second-order valence-electron chi connectivity index (χ2n) is 8.03. The first kappa shape index (κ1) is 30.6. The summed E-state index contributed by atoms with van der Waals surface area (Å²) >= 11 is 1.46. The average Bonchev–Trinajstić information content (AvgIpc) is 2.72. The van der Waals surface area contributed by atoms with Crippen LogP contribution in [-0.4, -0.2) is 77.4 Å². The van der Waals surface area contributed by atoms with Crippen LogP contribution < -0.4 is 33.2 Å². The van der Waals surface area contributed by atoms with Gasteiger partial charge in [0.1, 0.15) is 18.1 Å². The van der Waals surface area contributed by atoms with Gasteiger partial charge >= 0.3 is 5.97 Å². The minimum atomic E-state index is -1.21. The van der Waals surface area contributed by atoms with E-state index in [-0.39, 0.29) is 25.2 Å². The fourth-order valence-electron chi connectivity index (χ4n) is 2.89. The number of carboxylic acid groups (broad SMARTS) is 1. The average molecular weight is 491 g/mol. The summed E-state index contributed by atoms with van der Waals surface area (Å²) in [6, 6.07) is -4.35. The fraction of sp³-hybridized carbons (Fsp3) is 0.750. The normalized spacial score (nSPS) is 14.6.